The van der Waals surface area contributed by atoms with Crippen LogP contribution >= 0.6 is 0 Å². The molecule has 0 aliphatic carbocycles. The number of amides is 2. The highest BCUT2D eigenvalue weighted by Gasteiger charge is 2.67. The van der Waals surface area contributed by atoms with E-state index in [1.807, 2.05) is 12.2 Å². The molecule has 1 N–H and O–H groups in total. The molecular formula is C16H23NO3. The number of carbonyl (C=O) groups is 2. The highest BCUT2D eigenvalue weighted by atomic mass is 16.5. The number of imide groups is 1. The standard InChI is InChI=1S/C16H23NO3/c1-2-3-4-5-6-7-10-16-12-9-8-11(20-12)13(16)14(18)17-15(16)19/h8-9,11-13H,2-7,10H2,1H3,(H,17,18,19). The highest BCUT2D eigenvalue weighted by Crippen LogP contribution is 2.54. The summed E-state index contributed by atoms with van der Waals surface area (Å²) in [7, 11) is 0. The van der Waals surface area contributed by atoms with Gasteiger partial charge in [-0.15, -0.1) is 0 Å². The van der Waals surface area contributed by atoms with E-state index in [-0.39, 0.29) is 29.9 Å². The second kappa shape index (κ2) is 5.32. The van der Waals surface area contributed by atoms with Gasteiger partial charge >= 0.3 is 0 Å². The fraction of sp³-hybridized carbons (Fsp3) is 0.750. The van der Waals surface area contributed by atoms with Crippen molar-refractivity contribution in [2.75, 3.05) is 0 Å². The van der Waals surface area contributed by atoms with Gasteiger partial charge in [0.05, 0.1) is 23.5 Å². The molecule has 4 unspecified atom stereocenters. The molecule has 4 nitrogen and oxygen atoms in total. The Kier molecular flexibility index (Phi) is 3.67. The van der Waals surface area contributed by atoms with Crippen LogP contribution in [0.4, 0.5) is 0 Å². The number of nitrogens with one attached hydrogen (secondary N) is 1. The van der Waals surface area contributed by atoms with Crippen molar-refractivity contribution >= 4 is 11.8 Å². The Morgan fingerprint density at radius 3 is 2.70 bits per heavy atom. The molecule has 4 atom stereocenters. The van der Waals surface area contributed by atoms with Gasteiger partial charge in [-0.05, 0) is 6.42 Å². The van der Waals surface area contributed by atoms with Crippen molar-refractivity contribution < 1.29 is 14.3 Å². The maximum Gasteiger partial charge on any atom is 0.236 e. The van der Waals surface area contributed by atoms with Crippen molar-refractivity contribution in [2.24, 2.45) is 11.3 Å². The first kappa shape index (κ1) is 13.8. The Bertz CT molecular complexity index is 445. The minimum absolute atomic E-state index is 0.113. The van der Waals surface area contributed by atoms with Gasteiger partial charge in [-0.2, -0.15) is 0 Å². The molecular weight excluding hydrogens is 254 g/mol. The molecule has 3 aliphatic heterocycles. The average Bonchev–Trinajstić information content (AvgIpc) is 3.07. The zero-order valence-electron chi connectivity index (χ0n) is 12.1. The van der Waals surface area contributed by atoms with Crippen molar-refractivity contribution in [3.8, 4) is 0 Å². The van der Waals surface area contributed by atoms with E-state index in [2.05, 4.69) is 12.2 Å². The van der Waals surface area contributed by atoms with Crippen LogP contribution in [-0.4, -0.2) is 24.0 Å². The Labute approximate surface area is 119 Å². The maximum atomic E-state index is 12.3. The Morgan fingerprint density at radius 2 is 1.90 bits per heavy atom. The van der Waals surface area contributed by atoms with Crippen LogP contribution in [0.3, 0.4) is 0 Å². The van der Waals surface area contributed by atoms with Crippen molar-refractivity contribution in [1.82, 2.24) is 5.32 Å². The minimum Gasteiger partial charge on any atom is -0.365 e. The zero-order valence-corrected chi connectivity index (χ0v) is 12.1. The maximum absolute atomic E-state index is 12.3. The van der Waals surface area contributed by atoms with Crippen LogP contribution in [0.25, 0.3) is 0 Å². The van der Waals surface area contributed by atoms with E-state index in [9.17, 15) is 9.59 Å². The van der Waals surface area contributed by atoms with Gasteiger partial charge in [0, 0.05) is 0 Å². The Hall–Kier alpha value is -1.16. The highest BCUT2D eigenvalue weighted by molar-refractivity contribution is 6.09. The fourth-order valence-corrected chi connectivity index (χ4v) is 3.99. The molecule has 0 saturated carbocycles. The zero-order chi connectivity index (χ0) is 14.2. The number of ether oxygens (including phenoxy) is 1. The second-order valence-corrected chi connectivity index (χ2v) is 6.26. The van der Waals surface area contributed by atoms with E-state index in [0.29, 0.717) is 0 Å². The van der Waals surface area contributed by atoms with Crippen molar-refractivity contribution in [3.05, 3.63) is 12.2 Å². The van der Waals surface area contributed by atoms with Gasteiger partial charge in [0.1, 0.15) is 0 Å². The quantitative estimate of drug-likeness (QED) is 0.441. The number of hydrogen-bond donors (Lipinski definition) is 1. The van der Waals surface area contributed by atoms with Crippen molar-refractivity contribution in [3.63, 3.8) is 0 Å². The fourth-order valence-electron chi connectivity index (χ4n) is 3.99. The largest absolute Gasteiger partial charge is 0.365 e. The van der Waals surface area contributed by atoms with E-state index in [1.54, 1.807) is 0 Å². The molecule has 3 rings (SSSR count). The molecule has 2 fully saturated rings. The van der Waals surface area contributed by atoms with Crippen molar-refractivity contribution in [1.29, 1.82) is 0 Å². The monoisotopic (exact) mass is 277 g/mol. The number of fused-ring (bicyclic) bond motifs is 5. The summed E-state index contributed by atoms with van der Waals surface area (Å²) in [6.45, 7) is 2.21. The molecule has 2 saturated heterocycles. The lowest BCUT2D eigenvalue weighted by Gasteiger charge is -2.29. The first-order valence-corrected chi connectivity index (χ1v) is 7.89. The molecule has 0 radical (unpaired) electrons. The summed E-state index contributed by atoms with van der Waals surface area (Å²) >= 11 is 0. The van der Waals surface area contributed by atoms with E-state index in [0.717, 1.165) is 19.3 Å². The average molecular weight is 277 g/mol. The SMILES string of the molecule is CCCCCCCCC12C(=O)NC(=O)C1C1C=CC2O1. The lowest BCUT2D eigenvalue weighted by atomic mass is 9.67. The van der Waals surface area contributed by atoms with Crippen LogP contribution < -0.4 is 5.32 Å². The number of rotatable bonds is 7. The summed E-state index contributed by atoms with van der Waals surface area (Å²) in [6, 6.07) is 0. The molecule has 3 aliphatic rings. The van der Waals surface area contributed by atoms with Crippen LogP contribution in [0.1, 0.15) is 51.9 Å². The lowest BCUT2D eigenvalue weighted by Crippen LogP contribution is -2.42. The summed E-state index contributed by atoms with van der Waals surface area (Å²) in [5, 5.41) is 2.52. The summed E-state index contributed by atoms with van der Waals surface area (Å²) in [5.74, 6) is -0.545. The van der Waals surface area contributed by atoms with Crippen molar-refractivity contribution in [2.45, 2.75) is 64.1 Å². The molecule has 20 heavy (non-hydrogen) atoms. The first-order valence-electron chi connectivity index (χ1n) is 7.89. The smallest absolute Gasteiger partial charge is 0.236 e. The molecule has 3 heterocycles. The molecule has 4 heteroatoms. The van der Waals surface area contributed by atoms with E-state index in [1.165, 1.54) is 25.7 Å². The number of carbonyl (C=O) groups excluding carboxylic acids is 2. The van der Waals surface area contributed by atoms with Gasteiger partial charge in [-0.1, -0.05) is 57.6 Å². The second-order valence-electron chi connectivity index (χ2n) is 6.26. The molecule has 0 spiro atoms. The third kappa shape index (κ3) is 1.93. The molecule has 110 valence electrons. The molecule has 2 bridgehead atoms. The first-order chi connectivity index (χ1) is 9.70. The summed E-state index contributed by atoms with van der Waals surface area (Å²) in [6.07, 6.45) is 11.4. The van der Waals surface area contributed by atoms with Crippen LogP contribution in [0, 0.1) is 11.3 Å². The van der Waals surface area contributed by atoms with Gasteiger partial charge in [-0.3, -0.25) is 14.9 Å². The van der Waals surface area contributed by atoms with Crippen LogP contribution in [-0.2, 0) is 14.3 Å². The number of hydrogen-bond acceptors (Lipinski definition) is 3. The lowest BCUT2D eigenvalue weighted by molar-refractivity contribution is -0.131. The summed E-state index contributed by atoms with van der Waals surface area (Å²) in [5.41, 5.74) is -0.610. The van der Waals surface area contributed by atoms with Gasteiger partial charge in [0.25, 0.3) is 0 Å². The minimum atomic E-state index is -0.610. The molecule has 0 aromatic carbocycles. The van der Waals surface area contributed by atoms with Gasteiger partial charge < -0.3 is 4.74 Å². The van der Waals surface area contributed by atoms with Crippen LogP contribution in [0.5, 0.6) is 0 Å². The van der Waals surface area contributed by atoms with Crippen LogP contribution in [0.2, 0.25) is 0 Å². The normalized spacial score (nSPS) is 37.5. The number of unbranched alkanes of at least 4 members (excludes halogenated alkanes) is 5. The Morgan fingerprint density at radius 1 is 1.15 bits per heavy atom. The van der Waals surface area contributed by atoms with Gasteiger partial charge in [0.2, 0.25) is 11.8 Å². The predicted molar refractivity (Wildman–Crippen MR) is 74.9 cm³/mol. The third-order valence-electron chi connectivity index (χ3n) is 5.06. The van der Waals surface area contributed by atoms with Gasteiger partial charge in [0.15, 0.2) is 0 Å². The molecule has 0 aromatic heterocycles. The summed E-state index contributed by atoms with van der Waals surface area (Å²) < 4.78 is 5.79. The van der Waals surface area contributed by atoms with E-state index >= 15 is 0 Å². The predicted octanol–water partition coefficient (Wildman–Crippen LogP) is 2.33. The van der Waals surface area contributed by atoms with E-state index in [4.69, 9.17) is 4.74 Å². The Balaban J connectivity index is 1.62. The van der Waals surface area contributed by atoms with Gasteiger partial charge in [-0.25, -0.2) is 0 Å². The third-order valence-corrected chi connectivity index (χ3v) is 5.06. The van der Waals surface area contributed by atoms with Crippen LogP contribution in [0.15, 0.2) is 12.2 Å². The molecule has 2 amide bonds. The topological polar surface area (TPSA) is 55.4 Å². The molecule has 0 aromatic rings. The summed E-state index contributed by atoms with van der Waals surface area (Å²) in [4.78, 5) is 24.3. The van der Waals surface area contributed by atoms with E-state index < -0.39 is 5.41 Å².